The van der Waals surface area contributed by atoms with Gasteiger partial charge in [0.25, 0.3) is 0 Å². The van der Waals surface area contributed by atoms with Crippen molar-refractivity contribution in [1.29, 1.82) is 0 Å². The molecule has 3 rings (SSSR count). The lowest BCUT2D eigenvalue weighted by Gasteiger charge is -2.09. The van der Waals surface area contributed by atoms with Crippen LogP contribution in [0.25, 0.3) is 11.1 Å². The first-order valence-corrected chi connectivity index (χ1v) is 7.97. The monoisotopic (exact) mass is 299 g/mol. The average molecular weight is 299 g/mol. The molecule has 0 amide bonds. The Morgan fingerprint density at radius 1 is 1.14 bits per heavy atom. The van der Waals surface area contributed by atoms with Gasteiger partial charge in [-0.05, 0) is 46.0 Å². The minimum atomic E-state index is -0.256. The zero-order valence-corrected chi connectivity index (χ0v) is 12.5. The predicted molar refractivity (Wildman–Crippen MR) is 86.4 cm³/mol. The van der Waals surface area contributed by atoms with Crippen molar-refractivity contribution in [1.82, 2.24) is 0 Å². The molecule has 3 nitrogen and oxygen atoms in total. The third-order valence-electron chi connectivity index (χ3n) is 3.63. The number of ether oxygens (including phenoxy) is 1. The summed E-state index contributed by atoms with van der Waals surface area (Å²) < 4.78 is 5.32. The molecule has 108 valence electrons. The number of hydrogen-bond acceptors (Lipinski definition) is 4. The van der Waals surface area contributed by atoms with Crippen molar-refractivity contribution in [3.63, 3.8) is 0 Å². The molecule has 2 aromatic carbocycles. The molecule has 1 aliphatic rings. The molecule has 4 heteroatoms. The third kappa shape index (κ3) is 2.96. The fourth-order valence-electron chi connectivity index (χ4n) is 2.68. The van der Waals surface area contributed by atoms with Crippen molar-refractivity contribution in [2.75, 3.05) is 12.3 Å². The second-order valence-corrected chi connectivity index (χ2v) is 5.98. The number of benzene rings is 2. The van der Waals surface area contributed by atoms with E-state index in [-0.39, 0.29) is 5.30 Å². The lowest BCUT2D eigenvalue weighted by Crippen LogP contribution is -2.06. The van der Waals surface area contributed by atoms with Crippen molar-refractivity contribution in [2.24, 2.45) is 5.73 Å². The Hall–Kier alpha value is -1.78. The maximum absolute atomic E-state index is 11.6. The summed E-state index contributed by atoms with van der Waals surface area (Å²) in [7, 11) is 0. The molecule has 2 N–H and O–H groups in total. The van der Waals surface area contributed by atoms with Crippen molar-refractivity contribution in [3.8, 4) is 11.1 Å². The fourth-order valence-corrected chi connectivity index (χ4v) is 3.11. The molecule has 0 heterocycles. The van der Waals surface area contributed by atoms with Gasteiger partial charge in [0.1, 0.15) is 6.61 Å². The van der Waals surface area contributed by atoms with Gasteiger partial charge < -0.3 is 10.5 Å². The Morgan fingerprint density at radius 3 is 2.81 bits per heavy atom. The highest BCUT2D eigenvalue weighted by Crippen LogP contribution is 2.38. The minimum absolute atomic E-state index is 0.256. The first kappa shape index (κ1) is 14.2. The average Bonchev–Trinajstić information content (AvgIpc) is 2.90. The number of thioether (sulfide) groups is 1. The molecule has 0 bridgehead atoms. The van der Waals surface area contributed by atoms with Crippen molar-refractivity contribution in [3.05, 3.63) is 59.2 Å². The number of carbonyl (C=O) groups excluding carboxylic acids is 1. The van der Waals surface area contributed by atoms with Crippen LogP contribution in [0.2, 0.25) is 0 Å². The van der Waals surface area contributed by atoms with Crippen LogP contribution in [0.3, 0.4) is 0 Å². The van der Waals surface area contributed by atoms with E-state index < -0.39 is 0 Å². The summed E-state index contributed by atoms with van der Waals surface area (Å²) in [5, 5.41) is -0.256. The predicted octanol–water partition coefficient (Wildman–Crippen LogP) is 3.59. The van der Waals surface area contributed by atoms with Gasteiger partial charge in [-0.15, -0.1) is 0 Å². The fraction of sp³-hybridized carbons (Fsp3) is 0.235. The van der Waals surface area contributed by atoms with Crippen LogP contribution in [0, 0.1) is 0 Å². The van der Waals surface area contributed by atoms with E-state index in [0.717, 1.165) is 23.7 Å². The van der Waals surface area contributed by atoms with E-state index in [0.29, 0.717) is 18.9 Å². The molecule has 0 spiro atoms. The van der Waals surface area contributed by atoms with Crippen molar-refractivity contribution >= 4 is 17.1 Å². The van der Waals surface area contributed by atoms with Crippen LogP contribution < -0.4 is 5.73 Å². The smallest absolute Gasteiger partial charge is 0.367 e. The van der Waals surface area contributed by atoms with Gasteiger partial charge in [0, 0.05) is 12.3 Å². The molecule has 1 aliphatic carbocycles. The molecule has 0 atom stereocenters. The maximum Gasteiger partial charge on any atom is 0.367 e. The Labute approximate surface area is 128 Å². The SMILES string of the molecule is NCCSC(=O)OCc1cccc2c1Cc1ccccc1-2. The number of nitrogens with two attached hydrogens (primary N) is 1. The highest BCUT2D eigenvalue weighted by molar-refractivity contribution is 8.13. The van der Waals surface area contributed by atoms with Gasteiger partial charge in [-0.3, -0.25) is 0 Å². The normalized spacial score (nSPS) is 11.9. The second-order valence-electron chi connectivity index (χ2n) is 4.95. The highest BCUT2D eigenvalue weighted by atomic mass is 32.2. The first-order chi connectivity index (χ1) is 10.3. The van der Waals surface area contributed by atoms with E-state index in [2.05, 4.69) is 30.3 Å². The Morgan fingerprint density at radius 2 is 1.95 bits per heavy atom. The summed E-state index contributed by atoms with van der Waals surface area (Å²) in [5.74, 6) is 0.594. The maximum atomic E-state index is 11.6. The molecule has 0 saturated carbocycles. The van der Waals surface area contributed by atoms with Gasteiger partial charge in [-0.1, -0.05) is 42.5 Å². The number of hydrogen-bond donors (Lipinski definition) is 1. The van der Waals surface area contributed by atoms with E-state index in [1.165, 1.54) is 22.3 Å². The van der Waals surface area contributed by atoms with E-state index in [4.69, 9.17) is 10.5 Å². The van der Waals surface area contributed by atoms with Crippen LogP contribution >= 0.6 is 11.8 Å². The highest BCUT2D eigenvalue weighted by Gasteiger charge is 2.20. The van der Waals surface area contributed by atoms with Crippen molar-refractivity contribution in [2.45, 2.75) is 13.0 Å². The number of fused-ring (bicyclic) bond motifs is 3. The second kappa shape index (κ2) is 6.33. The van der Waals surface area contributed by atoms with E-state index in [1.807, 2.05) is 12.1 Å². The zero-order chi connectivity index (χ0) is 14.7. The molecule has 2 aromatic rings. The minimum Gasteiger partial charge on any atom is -0.453 e. The van der Waals surface area contributed by atoms with Gasteiger partial charge in [0.2, 0.25) is 0 Å². The molecule has 0 radical (unpaired) electrons. The van der Waals surface area contributed by atoms with Crippen LogP contribution in [-0.4, -0.2) is 17.6 Å². The lowest BCUT2D eigenvalue weighted by atomic mass is 10.0. The van der Waals surface area contributed by atoms with Crippen LogP contribution in [0.1, 0.15) is 16.7 Å². The third-order valence-corrected chi connectivity index (χ3v) is 4.42. The van der Waals surface area contributed by atoms with Gasteiger partial charge in [-0.25, -0.2) is 4.79 Å². The van der Waals surface area contributed by atoms with E-state index >= 15 is 0 Å². The number of carbonyl (C=O) groups is 1. The largest absolute Gasteiger partial charge is 0.453 e. The van der Waals surface area contributed by atoms with Crippen LogP contribution in [0.5, 0.6) is 0 Å². The number of rotatable bonds is 4. The molecule has 0 unspecified atom stereocenters. The lowest BCUT2D eigenvalue weighted by molar-refractivity contribution is 0.168. The van der Waals surface area contributed by atoms with Crippen molar-refractivity contribution < 1.29 is 9.53 Å². The topological polar surface area (TPSA) is 52.3 Å². The van der Waals surface area contributed by atoms with Crippen LogP contribution in [-0.2, 0) is 17.8 Å². The molecular weight excluding hydrogens is 282 g/mol. The van der Waals surface area contributed by atoms with Crippen LogP contribution in [0.15, 0.2) is 42.5 Å². The summed E-state index contributed by atoms with van der Waals surface area (Å²) in [4.78, 5) is 11.6. The Bertz CT molecular complexity index is 670. The van der Waals surface area contributed by atoms with Gasteiger partial charge >= 0.3 is 5.30 Å². The molecular formula is C17H17NO2S. The molecule has 0 saturated heterocycles. The van der Waals surface area contributed by atoms with Gasteiger partial charge in [0.05, 0.1) is 0 Å². The summed E-state index contributed by atoms with van der Waals surface area (Å²) in [6, 6.07) is 14.6. The van der Waals surface area contributed by atoms with E-state index in [1.54, 1.807) is 0 Å². The quantitative estimate of drug-likeness (QED) is 0.748. The Kier molecular flexibility index (Phi) is 4.27. The van der Waals surface area contributed by atoms with Gasteiger partial charge in [-0.2, -0.15) is 0 Å². The summed E-state index contributed by atoms with van der Waals surface area (Å²) >= 11 is 1.13. The summed E-state index contributed by atoms with van der Waals surface area (Å²) in [6.07, 6.45) is 0.912. The first-order valence-electron chi connectivity index (χ1n) is 6.98. The summed E-state index contributed by atoms with van der Waals surface area (Å²) in [5.41, 5.74) is 11.6. The van der Waals surface area contributed by atoms with Gasteiger partial charge in [0.15, 0.2) is 0 Å². The molecule has 0 aliphatic heterocycles. The summed E-state index contributed by atoms with van der Waals surface area (Å²) in [6.45, 7) is 0.809. The van der Waals surface area contributed by atoms with E-state index in [9.17, 15) is 4.79 Å². The standard InChI is InChI=1S/C17H17NO2S/c18-8-9-21-17(19)20-11-13-5-3-7-15-14-6-2-1-4-12(14)10-16(13)15/h1-7H,8-11,18H2. The Balaban J connectivity index is 1.76. The molecule has 0 aromatic heterocycles. The molecule has 21 heavy (non-hydrogen) atoms. The molecule has 0 fully saturated rings. The zero-order valence-electron chi connectivity index (χ0n) is 11.7. The van der Waals surface area contributed by atoms with Crippen LogP contribution in [0.4, 0.5) is 4.79 Å².